The number of piperidine rings is 1. The van der Waals surface area contributed by atoms with Crippen molar-refractivity contribution >= 4 is 0 Å². The smallest absolute Gasteiger partial charge is 0.0237 e. The molecule has 1 fully saturated rings. The van der Waals surface area contributed by atoms with Crippen LogP contribution in [-0.2, 0) is 0 Å². The van der Waals surface area contributed by atoms with E-state index in [0.29, 0.717) is 5.92 Å². The maximum absolute atomic E-state index is 6.31. The molecule has 2 N–H and O–H groups in total. The van der Waals surface area contributed by atoms with Gasteiger partial charge in [-0.05, 0) is 36.7 Å². The molecule has 3 rings (SSSR count). The Labute approximate surface area is 121 Å². The first kappa shape index (κ1) is 13.3. The van der Waals surface area contributed by atoms with Gasteiger partial charge in [-0.2, -0.15) is 0 Å². The Morgan fingerprint density at radius 1 is 0.950 bits per heavy atom. The Balaban J connectivity index is 1.80. The Bertz CT molecular complexity index is 547. The molecule has 104 valence electrons. The fourth-order valence-electron chi connectivity index (χ4n) is 3.12. The van der Waals surface area contributed by atoms with Gasteiger partial charge in [0.15, 0.2) is 0 Å². The van der Waals surface area contributed by atoms with E-state index in [1.165, 1.54) is 16.7 Å². The molecule has 0 aliphatic carbocycles. The summed E-state index contributed by atoms with van der Waals surface area (Å²) in [6.45, 7) is 2.13. The van der Waals surface area contributed by atoms with Gasteiger partial charge < -0.3 is 10.6 Å². The predicted molar refractivity (Wildman–Crippen MR) is 84.7 cm³/mol. The topological polar surface area (TPSA) is 29.3 Å². The maximum atomic E-state index is 6.31. The highest BCUT2D eigenvalue weighted by atomic mass is 15.1. The van der Waals surface area contributed by atoms with Gasteiger partial charge in [0.1, 0.15) is 0 Å². The number of hydrogen-bond acceptors (Lipinski definition) is 2. The number of benzene rings is 2. The predicted octanol–water partition coefficient (Wildman–Crippen LogP) is 3.10. The van der Waals surface area contributed by atoms with Gasteiger partial charge >= 0.3 is 0 Å². The number of rotatable bonds is 2. The summed E-state index contributed by atoms with van der Waals surface area (Å²) in [5.41, 5.74) is 10.2. The standard InChI is InChI=1S/C18H22N2/c1-20-12-11-17(18(19)13-20)16-9-7-15(8-10-16)14-5-3-2-4-6-14/h2-10,17-18H,11-13,19H2,1H3/t17-,18+/m1/s1. The molecule has 0 spiro atoms. The fourth-order valence-corrected chi connectivity index (χ4v) is 3.12. The molecule has 0 aromatic heterocycles. The van der Waals surface area contributed by atoms with Crippen LogP contribution in [0.2, 0.25) is 0 Å². The molecule has 0 unspecified atom stereocenters. The number of nitrogens with zero attached hydrogens (tertiary/aromatic N) is 1. The minimum atomic E-state index is 0.247. The van der Waals surface area contributed by atoms with E-state index < -0.39 is 0 Å². The Kier molecular flexibility index (Phi) is 3.86. The van der Waals surface area contributed by atoms with E-state index >= 15 is 0 Å². The molecule has 0 amide bonds. The lowest BCUT2D eigenvalue weighted by Gasteiger charge is -2.34. The van der Waals surface area contributed by atoms with Crippen LogP contribution in [0.1, 0.15) is 17.9 Å². The van der Waals surface area contributed by atoms with Gasteiger partial charge in [-0.1, -0.05) is 54.6 Å². The van der Waals surface area contributed by atoms with E-state index in [4.69, 9.17) is 5.73 Å². The lowest BCUT2D eigenvalue weighted by atomic mass is 9.85. The van der Waals surface area contributed by atoms with Crippen LogP contribution in [0, 0.1) is 0 Å². The Hall–Kier alpha value is -1.64. The van der Waals surface area contributed by atoms with E-state index in [1.54, 1.807) is 0 Å². The summed E-state index contributed by atoms with van der Waals surface area (Å²) >= 11 is 0. The van der Waals surface area contributed by atoms with Crippen molar-refractivity contribution in [3.05, 3.63) is 60.2 Å². The molecule has 2 aromatic carbocycles. The molecule has 2 nitrogen and oxygen atoms in total. The van der Waals surface area contributed by atoms with Gasteiger partial charge in [-0.25, -0.2) is 0 Å². The van der Waals surface area contributed by atoms with Crippen molar-refractivity contribution in [1.82, 2.24) is 4.90 Å². The molecule has 1 heterocycles. The summed E-state index contributed by atoms with van der Waals surface area (Å²) in [6, 6.07) is 19.7. The highest BCUT2D eigenvalue weighted by molar-refractivity contribution is 5.63. The van der Waals surface area contributed by atoms with Crippen molar-refractivity contribution in [3.63, 3.8) is 0 Å². The third-order valence-corrected chi connectivity index (χ3v) is 4.31. The molecule has 2 aromatic rings. The molecule has 2 heteroatoms. The minimum Gasteiger partial charge on any atom is -0.326 e. The van der Waals surface area contributed by atoms with Gasteiger partial charge in [0.25, 0.3) is 0 Å². The summed E-state index contributed by atoms with van der Waals surface area (Å²) in [6.07, 6.45) is 1.16. The highest BCUT2D eigenvalue weighted by Gasteiger charge is 2.25. The van der Waals surface area contributed by atoms with Crippen molar-refractivity contribution in [3.8, 4) is 11.1 Å². The number of likely N-dealkylation sites (tertiary alicyclic amines) is 1. The summed E-state index contributed by atoms with van der Waals surface area (Å²) in [4.78, 5) is 2.32. The lowest BCUT2D eigenvalue weighted by molar-refractivity contribution is 0.228. The van der Waals surface area contributed by atoms with E-state index in [1.807, 2.05) is 0 Å². The Morgan fingerprint density at radius 3 is 2.25 bits per heavy atom. The zero-order chi connectivity index (χ0) is 13.9. The second-order valence-corrected chi connectivity index (χ2v) is 5.81. The van der Waals surface area contributed by atoms with Gasteiger partial charge in [0, 0.05) is 18.5 Å². The van der Waals surface area contributed by atoms with Crippen LogP contribution in [0.3, 0.4) is 0 Å². The van der Waals surface area contributed by atoms with Crippen LogP contribution in [-0.4, -0.2) is 31.1 Å². The van der Waals surface area contributed by atoms with Crippen LogP contribution in [0.15, 0.2) is 54.6 Å². The molecule has 0 bridgehead atoms. The van der Waals surface area contributed by atoms with E-state index in [9.17, 15) is 0 Å². The molecule has 20 heavy (non-hydrogen) atoms. The van der Waals surface area contributed by atoms with E-state index in [2.05, 4.69) is 66.5 Å². The summed E-state index contributed by atoms with van der Waals surface area (Å²) in [7, 11) is 2.15. The third kappa shape index (κ3) is 2.77. The normalized spacial score (nSPS) is 23.7. The van der Waals surface area contributed by atoms with Crippen molar-refractivity contribution in [2.45, 2.75) is 18.4 Å². The molecule has 1 saturated heterocycles. The zero-order valence-electron chi connectivity index (χ0n) is 12.0. The average Bonchev–Trinajstić information content (AvgIpc) is 2.48. The lowest BCUT2D eigenvalue weighted by Crippen LogP contribution is -2.45. The number of hydrogen-bond donors (Lipinski definition) is 1. The SMILES string of the molecule is CN1CC[C@H](c2ccc(-c3ccccc3)cc2)[C@@H](N)C1. The molecule has 2 atom stereocenters. The van der Waals surface area contributed by atoms with E-state index in [0.717, 1.165) is 19.5 Å². The number of nitrogens with two attached hydrogens (primary N) is 1. The largest absolute Gasteiger partial charge is 0.326 e. The first-order valence-corrected chi connectivity index (χ1v) is 7.33. The summed E-state index contributed by atoms with van der Waals surface area (Å²) in [5, 5.41) is 0. The second kappa shape index (κ2) is 5.78. The van der Waals surface area contributed by atoms with Gasteiger partial charge in [0.2, 0.25) is 0 Å². The molecule has 1 aliphatic rings. The van der Waals surface area contributed by atoms with Crippen molar-refractivity contribution in [1.29, 1.82) is 0 Å². The monoisotopic (exact) mass is 266 g/mol. The third-order valence-electron chi connectivity index (χ3n) is 4.31. The van der Waals surface area contributed by atoms with Crippen molar-refractivity contribution < 1.29 is 0 Å². The van der Waals surface area contributed by atoms with Crippen LogP contribution in [0.25, 0.3) is 11.1 Å². The quantitative estimate of drug-likeness (QED) is 0.905. The molecule has 1 aliphatic heterocycles. The van der Waals surface area contributed by atoms with Crippen LogP contribution >= 0.6 is 0 Å². The van der Waals surface area contributed by atoms with E-state index in [-0.39, 0.29) is 6.04 Å². The van der Waals surface area contributed by atoms with Crippen molar-refractivity contribution in [2.24, 2.45) is 5.73 Å². The van der Waals surface area contributed by atoms with Crippen molar-refractivity contribution in [2.75, 3.05) is 20.1 Å². The molecule has 0 saturated carbocycles. The second-order valence-electron chi connectivity index (χ2n) is 5.81. The van der Waals surface area contributed by atoms with Gasteiger partial charge in [0.05, 0.1) is 0 Å². The minimum absolute atomic E-state index is 0.247. The zero-order valence-corrected chi connectivity index (χ0v) is 12.0. The van der Waals surface area contributed by atoms with Crippen LogP contribution in [0.4, 0.5) is 0 Å². The van der Waals surface area contributed by atoms with Gasteiger partial charge in [-0.15, -0.1) is 0 Å². The highest BCUT2D eigenvalue weighted by Crippen LogP contribution is 2.28. The molecular formula is C18H22N2. The maximum Gasteiger partial charge on any atom is 0.0237 e. The fraction of sp³-hybridized carbons (Fsp3) is 0.333. The number of likely N-dealkylation sites (N-methyl/N-ethyl adjacent to an activating group) is 1. The average molecular weight is 266 g/mol. The molecular weight excluding hydrogens is 244 g/mol. The van der Waals surface area contributed by atoms with Crippen LogP contribution < -0.4 is 5.73 Å². The first-order chi connectivity index (χ1) is 9.74. The first-order valence-electron chi connectivity index (χ1n) is 7.33. The molecule has 0 radical (unpaired) electrons. The van der Waals surface area contributed by atoms with Crippen LogP contribution in [0.5, 0.6) is 0 Å². The van der Waals surface area contributed by atoms with Gasteiger partial charge in [-0.3, -0.25) is 0 Å². The Morgan fingerprint density at radius 2 is 1.60 bits per heavy atom. The summed E-state index contributed by atoms with van der Waals surface area (Å²) in [5.74, 6) is 0.496. The summed E-state index contributed by atoms with van der Waals surface area (Å²) < 4.78 is 0.